The molecule has 1 aromatic rings. The number of halogens is 4. The molecular formula is C14H21F3IN5O2S. The van der Waals surface area contributed by atoms with E-state index in [-0.39, 0.29) is 53.6 Å². The Hall–Kier alpha value is -1.31. The number of rotatable bonds is 4. The maximum Gasteiger partial charge on any atom is 0.434 e. The first-order valence-electron chi connectivity index (χ1n) is 7.79. The van der Waals surface area contributed by atoms with Gasteiger partial charge in [0, 0.05) is 24.5 Å². The number of aromatic nitrogens is 1. The maximum atomic E-state index is 12.5. The highest BCUT2D eigenvalue weighted by Gasteiger charge is 2.33. The molecule has 7 nitrogen and oxygen atoms in total. The number of alkyl halides is 3. The zero-order chi connectivity index (χ0) is 18.4. The third-order valence-corrected chi connectivity index (χ3v) is 4.43. The van der Waals surface area contributed by atoms with E-state index in [1.165, 1.54) is 0 Å². The van der Waals surface area contributed by atoms with Gasteiger partial charge < -0.3 is 20.7 Å². The number of carbonyl (C=O) groups is 1. The molecule has 3 N–H and O–H groups in total. The number of carbonyl (C=O) groups excluding carboxylic acids is 1. The van der Waals surface area contributed by atoms with Crippen LogP contribution in [0.5, 0.6) is 0 Å². The summed E-state index contributed by atoms with van der Waals surface area (Å²) < 4.78 is 42.4. The van der Waals surface area contributed by atoms with Gasteiger partial charge in [0.25, 0.3) is 0 Å². The van der Waals surface area contributed by atoms with Crippen LogP contribution < -0.4 is 11.1 Å². The van der Waals surface area contributed by atoms with Crippen LogP contribution in [0.1, 0.15) is 30.5 Å². The highest BCUT2D eigenvalue weighted by molar-refractivity contribution is 14.0. The minimum atomic E-state index is -4.45. The van der Waals surface area contributed by atoms with E-state index in [1.807, 2.05) is 0 Å². The Bertz CT molecular complexity index is 618. The number of thiazole rings is 1. The van der Waals surface area contributed by atoms with E-state index in [0.29, 0.717) is 32.5 Å². The molecule has 0 spiro atoms. The number of hydrogen-bond donors (Lipinski definition) is 2. The SMILES string of the molecule is CCOC(=O)N1CCC(NC(N)=NCc2nc(C(F)(F)F)cs2)CC1.I. The van der Waals surface area contributed by atoms with Crippen molar-refractivity contribution in [1.82, 2.24) is 15.2 Å². The lowest BCUT2D eigenvalue weighted by atomic mass is 10.1. The zero-order valence-corrected chi connectivity index (χ0v) is 17.2. The van der Waals surface area contributed by atoms with E-state index in [4.69, 9.17) is 10.5 Å². The molecule has 26 heavy (non-hydrogen) atoms. The number of hydrogen-bond acceptors (Lipinski definition) is 5. The minimum Gasteiger partial charge on any atom is -0.450 e. The molecule has 0 bridgehead atoms. The van der Waals surface area contributed by atoms with Gasteiger partial charge in [-0.15, -0.1) is 35.3 Å². The summed E-state index contributed by atoms with van der Waals surface area (Å²) in [6.07, 6.45) is -3.41. The van der Waals surface area contributed by atoms with Gasteiger partial charge in [0.05, 0.1) is 13.2 Å². The molecule has 1 aromatic heterocycles. The molecule has 2 heterocycles. The molecule has 1 amide bonds. The lowest BCUT2D eigenvalue weighted by Crippen LogP contribution is -2.48. The van der Waals surface area contributed by atoms with Crippen molar-refractivity contribution in [2.75, 3.05) is 19.7 Å². The second-order valence-corrected chi connectivity index (χ2v) is 6.37. The average molecular weight is 507 g/mol. The lowest BCUT2D eigenvalue weighted by Gasteiger charge is -2.31. The first-order valence-corrected chi connectivity index (χ1v) is 8.67. The van der Waals surface area contributed by atoms with Crippen LogP contribution in [0.25, 0.3) is 0 Å². The number of nitrogens with two attached hydrogens (primary N) is 1. The predicted molar refractivity (Wildman–Crippen MR) is 103 cm³/mol. The van der Waals surface area contributed by atoms with Gasteiger partial charge in [-0.3, -0.25) is 0 Å². The van der Waals surface area contributed by atoms with Crippen molar-refractivity contribution >= 4 is 47.4 Å². The number of nitrogens with one attached hydrogen (secondary N) is 1. The van der Waals surface area contributed by atoms with E-state index in [0.717, 1.165) is 16.7 Å². The third kappa shape index (κ3) is 6.78. The quantitative estimate of drug-likeness (QED) is 0.372. The molecule has 1 aliphatic heterocycles. The number of amides is 1. The predicted octanol–water partition coefficient (Wildman–Crippen LogP) is 2.81. The van der Waals surface area contributed by atoms with Gasteiger partial charge in [-0.05, 0) is 19.8 Å². The largest absolute Gasteiger partial charge is 0.450 e. The molecule has 0 atom stereocenters. The van der Waals surface area contributed by atoms with Gasteiger partial charge in [-0.1, -0.05) is 0 Å². The van der Waals surface area contributed by atoms with Gasteiger partial charge >= 0.3 is 12.3 Å². The van der Waals surface area contributed by atoms with Crippen LogP contribution in [0, 0.1) is 0 Å². The monoisotopic (exact) mass is 507 g/mol. The fourth-order valence-electron chi connectivity index (χ4n) is 2.34. The van der Waals surface area contributed by atoms with E-state index >= 15 is 0 Å². The molecule has 1 saturated heterocycles. The lowest BCUT2D eigenvalue weighted by molar-refractivity contribution is -0.140. The Balaban J connectivity index is 0.00000338. The standard InChI is InChI=1S/C14H20F3N5O2S.HI/c1-2-24-13(23)22-5-3-9(4-6-22)20-12(18)19-7-11-21-10(8-25-11)14(15,16)17;/h8-9H,2-7H2,1H3,(H3,18,19,20);1H. The third-order valence-electron chi connectivity index (χ3n) is 3.60. The Morgan fingerprint density at radius 3 is 2.69 bits per heavy atom. The highest BCUT2D eigenvalue weighted by Crippen LogP contribution is 2.30. The second kappa shape index (κ2) is 10.1. The van der Waals surface area contributed by atoms with Crippen LogP contribution in [0.4, 0.5) is 18.0 Å². The van der Waals surface area contributed by atoms with Gasteiger partial charge in [-0.2, -0.15) is 13.2 Å². The van der Waals surface area contributed by atoms with Gasteiger partial charge in [0.2, 0.25) is 0 Å². The Kier molecular flexibility index (Phi) is 8.86. The van der Waals surface area contributed by atoms with Crippen molar-refractivity contribution in [2.45, 2.75) is 38.5 Å². The van der Waals surface area contributed by atoms with E-state index < -0.39 is 11.9 Å². The summed E-state index contributed by atoms with van der Waals surface area (Å²) in [5, 5.41) is 4.22. The van der Waals surface area contributed by atoms with Crippen LogP contribution in [-0.2, 0) is 17.5 Å². The molecule has 1 fully saturated rings. The van der Waals surface area contributed by atoms with Gasteiger partial charge in [0.1, 0.15) is 5.01 Å². The summed E-state index contributed by atoms with van der Waals surface area (Å²) in [6, 6.07) is 0.0523. The fourth-order valence-corrected chi connectivity index (χ4v) is 3.07. The van der Waals surface area contributed by atoms with Crippen molar-refractivity contribution < 1.29 is 22.7 Å². The van der Waals surface area contributed by atoms with Crippen molar-refractivity contribution in [3.8, 4) is 0 Å². The van der Waals surface area contributed by atoms with Crippen LogP contribution in [0.3, 0.4) is 0 Å². The number of guanidine groups is 1. The van der Waals surface area contributed by atoms with Crippen molar-refractivity contribution in [1.29, 1.82) is 0 Å². The molecule has 0 aromatic carbocycles. The first kappa shape index (κ1) is 22.7. The molecule has 0 unspecified atom stereocenters. The molecule has 0 saturated carbocycles. The van der Waals surface area contributed by atoms with E-state index in [1.54, 1.807) is 11.8 Å². The van der Waals surface area contributed by atoms with E-state index in [9.17, 15) is 18.0 Å². The Morgan fingerprint density at radius 2 is 2.15 bits per heavy atom. The minimum absolute atomic E-state index is 0. The topological polar surface area (TPSA) is 92.8 Å². The number of ether oxygens (including phenoxy) is 1. The molecule has 2 rings (SSSR count). The summed E-state index contributed by atoms with van der Waals surface area (Å²) in [5.41, 5.74) is 4.86. The molecule has 12 heteroatoms. The average Bonchev–Trinajstić information content (AvgIpc) is 3.03. The Labute approximate surface area is 170 Å². The van der Waals surface area contributed by atoms with Crippen LogP contribution in [-0.4, -0.2) is 47.7 Å². The smallest absolute Gasteiger partial charge is 0.434 e. The van der Waals surface area contributed by atoms with E-state index in [2.05, 4.69) is 15.3 Å². The number of nitrogens with zero attached hydrogens (tertiary/aromatic N) is 3. The highest BCUT2D eigenvalue weighted by atomic mass is 127. The molecule has 1 aliphatic rings. The van der Waals surface area contributed by atoms with Crippen LogP contribution in [0.15, 0.2) is 10.4 Å². The number of likely N-dealkylation sites (tertiary alicyclic amines) is 1. The molecule has 148 valence electrons. The van der Waals surface area contributed by atoms with Crippen LogP contribution in [0.2, 0.25) is 0 Å². The maximum absolute atomic E-state index is 12.5. The summed E-state index contributed by atoms with van der Waals surface area (Å²) in [7, 11) is 0. The first-order chi connectivity index (χ1) is 11.8. The van der Waals surface area contributed by atoms with Crippen LogP contribution >= 0.6 is 35.3 Å². The number of aliphatic imine (C=N–C) groups is 1. The second-order valence-electron chi connectivity index (χ2n) is 5.43. The normalized spacial score (nSPS) is 16.2. The summed E-state index contributed by atoms with van der Waals surface area (Å²) in [6.45, 7) is 3.17. The zero-order valence-electron chi connectivity index (χ0n) is 14.1. The Morgan fingerprint density at radius 1 is 1.50 bits per heavy atom. The molecule has 0 radical (unpaired) electrons. The van der Waals surface area contributed by atoms with Crippen molar-refractivity contribution in [3.05, 3.63) is 16.1 Å². The summed E-state index contributed by atoms with van der Waals surface area (Å²) in [5.74, 6) is 0.151. The van der Waals surface area contributed by atoms with Crippen molar-refractivity contribution in [2.24, 2.45) is 10.7 Å². The fraction of sp³-hybridized carbons (Fsp3) is 0.643. The summed E-state index contributed by atoms with van der Waals surface area (Å²) >= 11 is 0.893. The van der Waals surface area contributed by atoms with Gasteiger partial charge in [-0.25, -0.2) is 14.8 Å². The van der Waals surface area contributed by atoms with Crippen molar-refractivity contribution in [3.63, 3.8) is 0 Å². The van der Waals surface area contributed by atoms with Gasteiger partial charge in [0.15, 0.2) is 11.7 Å². The molecular weight excluding hydrogens is 486 g/mol. The number of piperidine rings is 1. The summed E-state index contributed by atoms with van der Waals surface area (Å²) in [4.78, 5) is 20.8. The molecule has 0 aliphatic carbocycles.